The molecule has 0 saturated heterocycles. The number of sulfone groups is 1. The predicted octanol–water partition coefficient (Wildman–Crippen LogP) is 3.65. The molecule has 2 aliphatic heterocycles. The summed E-state index contributed by atoms with van der Waals surface area (Å²) in [5, 5.41) is 2.64. The first-order chi connectivity index (χ1) is 14.4. The number of rotatable bonds is 5. The number of hydrogen-bond acceptors (Lipinski definition) is 5. The van der Waals surface area contributed by atoms with Crippen LogP contribution in [0, 0.1) is 0 Å². The van der Waals surface area contributed by atoms with Crippen LogP contribution in [0.1, 0.15) is 31.7 Å². The van der Waals surface area contributed by atoms with Gasteiger partial charge in [-0.25, -0.2) is 8.42 Å². The van der Waals surface area contributed by atoms with Gasteiger partial charge in [-0.1, -0.05) is 25.1 Å². The number of carbonyl (C=O) groups excluding carboxylic acids is 2. The fourth-order valence-corrected chi connectivity index (χ4v) is 6.13. The largest absolute Gasteiger partial charge is 0.324 e. The first kappa shape index (κ1) is 20.9. The van der Waals surface area contributed by atoms with Crippen LogP contribution in [0.5, 0.6) is 0 Å². The van der Waals surface area contributed by atoms with E-state index in [1.807, 2.05) is 31.2 Å². The number of nitrogens with one attached hydrogen (secondary N) is 1. The van der Waals surface area contributed by atoms with Crippen LogP contribution in [0.25, 0.3) is 0 Å². The van der Waals surface area contributed by atoms with Crippen LogP contribution < -0.4 is 10.2 Å². The minimum Gasteiger partial charge on any atom is -0.324 e. The van der Waals surface area contributed by atoms with Crippen molar-refractivity contribution in [3.05, 3.63) is 48.0 Å². The van der Waals surface area contributed by atoms with Crippen LogP contribution >= 0.6 is 11.8 Å². The molecule has 0 spiro atoms. The molecular formula is C22H24N2O4S2. The Labute approximate surface area is 181 Å². The molecule has 0 unspecified atom stereocenters. The number of nitrogens with zero attached hydrogens (tertiary/aromatic N) is 1. The normalized spacial score (nSPS) is 18.4. The summed E-state index contributed by atoms with van der Waals surface area (Å²) in [6, 6.07) is 12.6. The Morgan fingerprint density at radius 2 is 2.03 bits per heavy atom. The second-order valence-corrected chi connectivity index (χ2v) is 10.9. The molecule has 0 bridgehead atoms. The van der Waals surface area contributed by atoms with E-state index in [2.05, 4.69) is 5.32 Å². The average molecular weight is 445 g/mol. The number of aryl methyl sites for hydroxylation is 1. The number of anilines is 2. The maximum absolute atomic E-state index is 12.9. The summed E-state index contributed by atoms with van der Waals surface area (Å²) in [5.41, 5.74) is 2.52. The zero-order valence-electron chi connectivity index (χ0n) is 16.8. The van der Waals surface area contributed by atoms with Crippen LogP contribution in [-0.4, -0.2) is 37.8 Å². The Morgan fingerprint density at radius 3 is 2.83 bits per heavy atom. The Balaban J connectivity index is 1.47. The van der Waals surface area contributed by atoms with Crippen molar-refractivity contribution in [1.29, 1.82) is 0 Å². The summed E-state index contributed by atoms with van der Waals surface area (Å²) in [6.45, 7) is 2.55. The smallest absolute Gasteiger partial charge is 0.237 e. The van der Waals surface area contributed by atoms with Crippen LogP contribution in [-0.2, 0) is 25.8 Å². The predicted molar refractivity (Wildman–Crippen MR) is 119 cm³/mol. The maximum Gasteiger partial charge on any atom is 0.237 e. The van der Waals surface area contributed by atoms with Gasteiger partial charge in [0, 0.05) is 23.5 Å². The number of benzene rings is 2. The molecule has 0 saturated carbocycles. The van der Waals surface area contributed by atoms with E-state index in [4.69, 9.17) is 0 Å². The first-order valence-electron chi connectivity index (χ1n) is 10.1. The molecule has 30 heavy (non-hydrogen) atoms. The van der Waals surface area contributed by atoms with E-state index in [1.54, 1.807) is 17.0 Å². The summed E-state index contributed by atoms with van der Waals surface area (Å²) >= 11 is 1.45. The molecule has 2 aliphatic rings. The van der Waals surface area contributed by atoms with Crippen molar-refractivity contribution in [3.63, 3.8) is 0 Å². The Kier molecular flexibility index (Phi) is 5.88. The summed E-state index contributed by atoms with van der Waals surface area (Å²) in [7, 11) is -3.65. The molecule has 2 aromatic rings. The molecule has 0 aliphatic carbocycles. The van der Waals surface area contributed by atoms with Gasteiger partial charge in [0.1, 0.15) is 0 Å². The lowest BCUT2D eigenvalue weighted by atomic mass is 10.0. The Bertz CT molecular complexity index is 1100. The van der Waals surface area contributed by atoms with Gasteiger partial charge in [0.15, 0.2) is 9.84 Å². The molecule has 2 amide bonds. The molecule has 6 nitrogen and oxygen atoms in total. The number of fused-ring (bicyclic) bond motifs is 2. The third kappa shape index (κ3) is 4.11. The zero-order valence-corrected chi connectivity index (χ0v) is 18.4. The van der Waals surface area contributed by atoms with E-state index in [-0.39, 0.29) is 34.1 Å². The summed E-state index contributed by atoms with van der Waals surface area (Å²) in [6.07, 6.45) is 2.43. The summed E-state index contributed by atoms with van der Waals surface area (Å²) in [5.74, 6) is -0.552. The van der Waals surface area contributed by atoms with Gasteiger partial charge in [0.2, 0.25) is 11.8 Å². The molecule has 0 aromatic heterocycles. The van der Waals surface area contributed by atoms with E-state index in [1.165, 1.54) is 17.8 Å². The van der Waals surface area contributed by atoms with E-state index in [0.29, 0.717) is 18.7 Å². The third-order valence-electron chi connectivity index (χ3n) is 5.50. The van der Waals surface area contributed by atoms with Gasteiger partial charge in [0.25, 0.3) is 0 Å². The molecule has 1 N–H and O–H groups in total. The van der Waals surface area contributed by atoms with E-state index < -0.39 is 9.84 Å². The van der Waals surface area contributed by atoms with Crippen molar-refractivity contribution in [3.8, 4) is 0 Å². The van der Waals surface area contributed by atoms with Crippen molar-refractivity contribution in [2.45, 2.75) is 47.6 Å². The van der Waals surface area contributed by atoms with Gasteiger partial charge in [-0.2, -0.15) is 0 Å². The quantitative estimate of drug-likeness (QED) is 0.761. The number of carbonyl (C=O) groups is 2. The summed E-state index contributed by atoms with van der Waals surface area (Å²) in [4.78, 5) is 27.6. The van der Waals surface area contributed by atoms with Crippen molar-refractivity contribution in [1.82, 2.24) is 0 Å². The van der Waals surface area contributed by atoms with Gasteiger partial charge in [-0.05, 0) is 49.1 Å². The molecule has 8 heteroatoms. The highest BCUT2D eigenvalue weighted by atomic mass is 32.2. The molecule has 2 heterocycles. The van der Waals surface area contributed by atoms with Crippen LogP contribution in [0.4, 0.5) is 11.4 Å². The standard InChI is InChI=1S/C22H24N2O4S2/c1-2-19-22(26)23-17-14-16(9-10-20(17)29-19)30(27,28)13-11-21(25)24-12-5-7-15-6-3-4-8-18(15)24/h3-4,6,8-10,14,19H,2,5,7,11-13H2,1H3,(H,23,26)/t19-/m0/s1. The van der Waals surface area contributed by atoms with Crippen molar-refractivity contribution in [2.75, 3.05) is 22.5 Å². The minimum absolute atomic E-state index is 0.0766. The average Bonchev–Trinajstić information content (AvgIpc) is 2.76. The van der Waals surface area contributed by atoms with Gasteiger partial charge in [-0.3, -0.25) is 9.59 Å². The molecule has 158 valence electrons. The molecule has 2 aromatic carbocycles. The fourth-order valence-electron chi connectivity index (χ4n) is 3.86. The topological polar surface area (TPSA) is 83.6 Å². The highest BCUT2D eigenvalue weighted by Crippen LogP contribution is 2.38. The first-order valence-corrected chi connectivity index (χ1v) is 12.6. The Morgan fingerprint density at radius 1 is 1.23 bits per heavy atom. The SMILES string of the molecule is CC[C@@H]1Sc2ccc(S(=O)(=O)CCC(=O)N3CCCc4ccccc43)cc2NC1=O. The van der Waals surface area contributed by atoms with Gasteiger partial charge in [0.05, 0.1) is 21.6 Å². The molecule has 4 rings (SSSR count). The van der Waals surface area contributed by atoms with Crippen molar-refractivity contribution in [2.24, 2.45) is 0 Å². The summed E-state index contributed by atoms with van der Waals surface area (Å²) < 4.78 is 25.7. The third-order valence-corrected chi connectivity index (χ3v) is 8.65. The maximum atomic E-state index is 12.9. The minimum atomic E-state index is -3.65. The van der Waals surface area contributed by atoms with Gasteiger partial charge < -0.3 is 10.2 Å². The van der Waals surface area contributed by atoms with Crippen LogP contribution in [0.15, 0.2) is 52.3 Å². The molecule has 0 radical (unpaired) electrons. The second-order valence-electron chi connectivity index (χ2n) is 7.51. The number of para-hydroxylation sites is 1. The highest BCUT2D eigenvalue weighted by molar-refractivity contribution is 8.01. The van der Waals surface area contributed by atoms with Gasteiger partial charge in [-0.15, -0.1) is 11.8 Å². The van der Waals surface area contributed by atoms with E-state index in [0.717, 1.165) is 29.0 Å². The molecule has 1 atom stereocenters. The molecule has 0 fully saturated rings. The van der Waals surface area contributed by atoms with E-state index >= 15 is 0 Å². The molecular weight excluding hydrogens is 420 g/mol. The lowest BCUT2D eigenvalue weighted by molar-refractivity contribution is -0.118. The number of amides is 2. The van der Waals surface area contributed by atoms with Crippen LogP contribution in [0.3, 0.4) is 0 Å². The lowest BCUT2D eigenvalue weighted by Crippen LogP contribution is -2.36. The number of hydrogen-bond donors (Lipinski definition) is 1. The Hall–Kier alpha value is -2.32. The van der Waals surface area contributed by atoms with E-state index in [9.17, 15) is 18.0 Å². The van der Waals surface area contributed by atoms with Crippen molar-refractivity contribution >= 4 is 44.8 Å². The van der Waals surface area contributed by atoms with Crippen molar-refractivity contribution < 1.29 is 18.0 Å². The lowest BCUT2D eigenvalue weighted by Gasteiger charge is -2.29. The zero-order chi connectivity index (χ0) is 21.3. The van der Waals surface area contributed by atoms with Crippen LogP contribution in [0.2, 0.25) is 0 Å². The van der Waals surface area contributed by atoms with Gasteiger partial charge >= 0.3 is 0 Å². The number of thioether (sulfide) groups is 1. The second kappa shape index (κ2) is 8.43. The fraction of sp³-hybridized carbons (Fsp3) is 0.364. The monoisotopic (exact) mass is 444 g/mol. The highest BCUT2D eigenvalue weighted by Gasteiger charge is 2.28.